The van der Waals surface area contributed by atoms with Gasteiger partial charge >= 0.3 is 0 Å². The highest BCUT2D eigenvalue weighted by Crippen LogP contribution is 2.18. The second kappa shape index (κ2) is 7.98. The molecule has 0 radical (unpaired) electrons. The van der Waals surface area contributed by atoms with E-state index in [0.29, 0.717) is 24.0 Å². The number of carbonyl (C=O) groups excluding carboxylic acids is 1. The van der Waals surface area contributed by atoms with Crippen LogP contribution in [0.4, 0.5) is 0 Å². The smallest absolute Gasteiger partial charge is 0.240 e. The van der Waals surface area contributed by atoms with Gasteiger partial charge in [0.25, 0.3) is 0 Å². The summed E-state index contributed by atoms with van der Waals surface area (Å²) in [7, 11) is 1.62. The maximum atomic E-state index is 11.3. The second-order valence-corrected chi connectivity index (χ2v) is 5.85. The summed E-state index contributed by atoms with van der Waals surface area (Å²) in [5.74, 6) is 2.68. The van der Waals surface area contributed by atoms with Crippen LogP contribution in [0.3, 0.4) is 0 Å². The van der Waals surface area contributed by atoms with Gasteiger partial charge in [-0.05, 0) is 24.3 Å². The van der Waals surface area contributed by atoms with E-state index in [1.807, 2.05) is 29.2 Å². The first kappa shape index (κ1) is 17.2. The van der Waals surface area contributed by atoms with E-state index in [4.69, 9.17) is 14.0 Å². The number of methoxy groups -OCH3 is 1. The van der Waals surface area contributed by atoms with Crippen molar-refractivity contribution in [2.24, 2.45) is 0 Å². The van der Waals surface area contributed by atoms with Gasteiger partial charge in [0.05, 0.1) is 13.7 Å². The minimum atomic E-state index is 0.121. The van der Waals surface area contributed by atoms with Crippen LogP contribution in [-0.2, 0) is 17.9 Å². The van der Waals surface area contributed by atoms with E-state index in [0.717, 1.165) is 31.9 Å². The number of hydrogen-bond acceptors (Lipinski definition) is 7. The Morgan fingerprint density at radius 2 is 1.84 bits per heavy atom. The lowest BCUT2D eigenvalue weighted by atomic mass is 10.3. The summed E-state index contributed by atoms with van der Waals surface area (Å²) in [4.78, 5) is 19.7. The minimum Gasteiger partial charge on any atom is -0.497 e. The van der Waals surface area contributed by atoms with Gasteiger partial charge in [-0.2, -0.15) is 4.98 Å². The molecule has 1 fully saturated rings. The van der Waals surface area contributed by atoms with Crippen LogP contribution >= 0.6 is 0 Å². The molecule has 0 bridgehead atoms. The molecule has 0 spiro atoms. The molecule has 0 aliphatic carbocycles. The molecule has 2 aromatic rings. The molecule has 1 amide bonds. The SMILES string of the molecule is COc1ccc(OCc2noc(CN3CCN(C(C)=O)CC3)n2)cc1. The van der Waals surface area contributed by atoms with Crippen molar-refractivity contribution in [2.45, 2.75) is 20.1 Å². The Bertz CT molecular complexity index is 693. The van der Waals surface area contributed by atoms with Crippen molar-refractivity contribution in [2.75, 3.05) is 33.3 Å². The Morgan fingerprint density at radius 1 is 1.16 bits per heavy atom. The largest absolute Gasteiger partial charge is 0.497 e. The average Bonchev–Trinajstić information content (AvgIpc) is 3.08. The molecule has 1 aromatic carbocycles. The molecule has 134 valence electrons. The third-order valence-corrected chi connectivity index (χ3v) is 4.11. The van der Waals surface area contributed by atoms with Gasteiger partial charge in [0.15, 0.2) is 6.61 Å². The molecular formula is C17H22N4O4. The van der Waals surface area contributed by atoms with Gasteiger partial charge in [-0.15, -0.1) is 0 Å². The Kier molecular flexibility index (Phi) is 5.49. The summed E-state index contributed by atoms with van der Waals surface area (Å²) in [6, 6.07) is 7.32. The number of rotatable bonds is 6. The van der Waals surface area contributed by atoms with Gasteiger partial charge in [0.2, 0.25) is 17.6 Å². The normalized spacial score (nSPS) is 15.2. The van der Waals surface area contributed by atoms with E-state index in [1.165, 1.54) is 0 Å². The quantitative estimate of drug-likeness (QED) is 0.780. The Morgan fingerprint density at radius 3 is 2.48 bits per heavy atom. The molecule has 1 aromatic heterocycles. The van der Waals surface area contributed by atoms with Crippen molar-refractivity contribution in [3.05, 3.63) is 36.0 Å². The fraction of sp³-hybridized carbons (Fsp3) is 0.471. The molecule has 2 heterocycles. The zero-order valence-electron chi connectivity index (χ0n) is 14.5. The molecular weight excluding hydrogens is 324 g/mol. The summed E-state index contributed by atoms with van der Waals surface area (Å²) < 4.78 is 16.0. The Balaban J connectivity index is 1.46. The number of nitrogens with zero attached hydrogens (tertiary/aromatic N) is 4. The summed E-state index contributed by atoms with van der Waals surface area (Å²) in [5, 5.41) is 3.95. The summed E-state index contributed by atoms with van der Waals surface area (Å²) in [6.45, 7) is 5.51. The summed E-state index contributed by atoms with van der Waals surface area (Å²) in [6.07, 6.45) is 0. The monoisotopic (exact) mass is 346 g/mol. The number of aromatic nitrogens is 2. The molecule has 3 rings (SSSR count). The zero-order valence-corrected chi connectivity index (χ0v) is 14.5. The predicted molar refractivity (Wildman–Crippen MR) is 89.2 cm³/mol. The van der Waals surface area contributed by atoms with E-state index in [1.54, 1.807) is 14.0 Å². The number of carbonyl (C=O) groups is 1. The standard InChI is InChI=1S/C17H22N4O4/c1-13(22)21-9-7-20(8-10-21)11-17-18-16(19-25-17)12-24-15-5-3-14(23-2)4-6-15/h3-6H,7-12H2,1-2H3. The molecule has 1 saturated heterocycles. The lowest BCUT2D eigenvalue weighted by Gasteiger charge is -2.33. The fourth-order valence-electron chi connectivity index (χ4n) is 2.64. The molecule has 1 aliphatic rings. The third-order valence-electron chi connectivity index (χ3n) is 4.11. The van der Waals surface area contributed by atoms with E-state index in [2.05, 4.69) is 15.0 Å². The van der Waals surface area contributed by atoms with Crippen molar-refractivity contribution in [1.82, 2.24) is 19.9 Å². The van der Waals surface area contributed by atoms with Gasteiger partial charge in [-0.3, -0.25) is 9.69 Å². The molecule has 0 N–H and O–H groups in total. The van der Waals surface area contributed by atoms with Gasteiger partial charge in [-0.1, -0.05) is 5.16 Å². The van der Waals surface area contributed by atoms with Gasteiger partial charge in [0.1, 0.15) is 11.5 Å². The van der Waals surface area contributed by atoms with Crippen LogP contribution in [0.5, 0.6) is 11.5 Å². The summed E-state index contributed by atoms with van der Waals surface area (Å²) >= 11 is 0. The van der Waals surface area contributed by atoms with Crippen LogP contribution in [-0.4, -0.2) is 59.1 Å². The zero-order chi connectivity index (χ0) is 17.6. The highest BCUT2D eigenvalue weighted by atomic mass is 16.5. The van der Waals surface area contributed by atoms with E-state index < -0.39 is 0 Å². The van der Waals surface area contributed by atoms with Crippen LogP contribution < -0.4 is 9.47 Å². The van der Waals surface area contributed by atoms with Crippen molar-refractivity contribution in [3.8, 4) is 11.5 Å². The minimum absolute atomic E-state index is 0.121. The average molecular weight is 346 g/mol. The molecule has 8 heteroatoms. The number of hydrogen-bond donors (Lipinski definition) is 0. The lowest BCUT2D eigenvalue weighted by Crippen LogP contribution is -2.47. The maximum absolute atomic E-state index is 11.3. The van der Waals surface area contributed by atoms with Gasteiger partial charge in [0, 0.05) is 33.1 Å². The van der Waals surface area contributed by atoms with Crippen LogP contribution in [0.1, 0.15) is 18.6 Å². The molecule has 0 saturated carbocycles. The molecule has 25 heavy (non-hydrogen) atoms. The van der Waals surface area contributed by atoms with Crippen LogP contribution in [0.25, 0.3) is 0 Å². The third kappa shape index (κ3) is 4.69. The molecule has 8 nitrogen and oxygen atoms in total. The predicted octanol–water partition coefficient (Wildman–Crippen LogP) is 1.32. The van der Waals surface area contributed by atoms with E-state index in [-0.39, 0.29) is 12.5 Å². The van der Waals surface area contributed by atoms with Crippen molar-refractivity contribution in [3.63, 3.8) is 0 Å². The topological polar surface area (TPSA) is 80.9 Å². The van der Waals surface area contributed by atoms with Crippen LogP contribution in [0.2, 0.25) is 0 Å². The summed E-state index contributed by atoms with van der Waals surface area (Å²) in [5.41, 5.74) is 0. The molecule has 0 unspecified atom stereocenters. The number of amides is 1. The fourth-order valence-corrected chi connectivity index (χ4v) is 2.64. The number of piperazine rings is 1. The first-order valence-electron chi connectivity index (χ1n) is 8.20. The maximum Gasteiger partial charge on any atom is 0.240 e. The van der Waals surface area contributed by atoms with Crippen LogP contribution in [0.15, 0.2) is 28.8 Å². The first-order chi connectivity index (χ1) is 12.1. The van der Waals surface area contributed by atoms with Crippen molar-refractivity contribution >= 4 is 5.91 Å². The Labute approximate surface area is 146 Å². The van der Waals surface area contributed by atoms with E-state index >= 15 is 0 Å². The lowest BCUT2D eigenvalue weighted by molar-refractivity contribution is -0.130. The highest BCUT2D eigenvalue weighted by Gasteiger charge is 2.20. The molecule has 1 aliphatic heterocycles. The first-order valence-corrected chi connectivity index (χ1v) is 8.20. The van der Waals surface area contributed by atoms with E-state index in [9.17, 15) is 4.79 Å². The Hall–Kier alpha value is -2.61. The van der Waals surface area contributed by atoms with Crippen molar-refractivity contribution < 1.29 is 18.8 Å². The van der Waals surface area contributed by atoms with Gasteiger partial charge < -0.3 is 18.9 Å². The van der Waals surface area contributed by atoms with Crippen molar-refractivity contribution in [1.29, 1.82) is 0 Å². The number of benzene rings is 1. The van der Waals surface area contributed by atoms with Gasteiger partial charge in [-0.25, -0.2) is 0 Å². The van der Waals surface area contributed by atoms with Crippen LogP contribution in [0, 0.1) is 0 Å². The molecule has 0 atom stereocenters. The number of ether oxygens (including phenoxy) is 2. The second-order valence-electron chi connectivity index (χ2n) is 5.85. The highest BCUT2D eigenvalue weighted by molar-refractivity contribution is 5.73.